The molecule has 0 bridgehead atoms. The van der Waals surface area contributed by atoms with Crippen molar-refractivity contribution in [1.82, 2.24) is 9.80 Å². The van der Waals surface area contributed by atoms with E-state index in [1.165, 1.54) is 27.4 Å². The summed E-state index contributed by atoms with van der Waals surface area (Å²) in [6.07, 6.45) is 0. The maximum absolute atomic E-state index is 11.6. The van der Waals surface area contributed by atoms with Crippen molar-refractivity contribution in [2.75, 3.05) is 62.2 Å². The molecule has 4 aromatic rings. The molecule has 3 aromatic carbocycles. The van der Waals surface area contributed by atoms with Gasteiger partial charge in [-0.2, -0.15) is 0 Å². The molecule has 0 atom stereocenters. The van der Waals surface area contributed by atoms with Gasteiger partial charge in [-0.05, 0) is 54.4 Å². The van der Waals surface area contributed by atoms with Crippen LogP contribution in [0.1, 0.15) is 16.7 Å². The molecule has 3 heterocycles. The van der Waals surface area contributed by atoms with Crippen LogP contribution < -0.4 is 9.80 Å². The Morgan fingerprint density at radius 1 is 0.675 bits per heavy atom. The van der Waals surface area contributed by atoms with E-state index in [1.807, 2.05) is 0 Å². The summed E-state index contributed by atoms with van der Waals surface area (Å²) in [6.45, 7) is 11.5. The Morgan fingerprint density at radius 2 is 1.12 bits per heavy atom. The number of phenols is 1. The van der Waals surface area contributed by atoms with Crippen LogP contribution in [0.4, 0.5) is 11.4 Å². The zero-order valence-electron chi connectivity index (χ0n) is 23.0. The van der Waals surface area contributed by atoms with E-state index in [2.05, 4.69) is 99.3 Å². The summed E-state index contributed by atoms with van der Waals surface area (Å²) < 4.78 is 0.963. The second kappa shape index (κ2) is 12.4. The van der Waals surface area contributed by atoms with Crippen molar-refractivity contribution >= 4 is 44.3 Å². The SMILES string of the molecule is Cc1c(-c2cc(CN3CCN(c4ccccc4)CC3)c(O)c(CN3CCN(c4ccccc4)CC3)c2)ssc1=S. The van der Waals surface area contributed by atoms with E-state index in [9.17, 15) is 5.11 Å². The number of nitrogens with zero attached hydrogens (tertiary/aromatic N) is 4. The lowest BCUT2D eigenvalue weighted by Gasteiger charge is -2.37. The van der Waals surface area contributed by atoms with Crippen molar-refractivity contribution < 1.29 is 5.11 Å². The van der Waals surface area contributed by atoms with E-state index in [1.54, 1.807) is 20.7 Å². The Hall–Kier alpha value is -2.75. The van der Waals surface area contributed by atoms with Gasteiger partial charge in [0.05, 0.1) is 4.88 Å². The summed E-state index contributed by atoms with van der Waals surface area (Å²) >= 11 is 5.58. The zero-order chi connectivity index (χ0) is 27.5. The van der Waals surface area contributed by atoms with Gasteiger partial charge in [0, 0.05) is 87.9 Å². The average molecular weight is 589 g/mol. The largest absolute Gasteiger partial charge is 0.507 e. The molecule has 208 valence electrons. The minimum Gasteiger partial charge on any atom is -0.507 e. The molecular formula is C32H36N4OS3. The summed E-state index contributed by atoms with van der Waals surface area (Å²) in [5.74, 6) is 0.455. The fourth-order valence-corrected chi connectivity index (χ4v) is 8.66. The van der Waals surface area contributed by atoms with E-state index < -0.39 is 0 Å². The first-order valence-corrected chi connectivity index (χ1v) is 16.6. The molecule has 0 radical (unpaired) electrons. The number of piperazine rings is 2. The average Bonchev–Trinajstić information content (AvgIpc) is 3.34. The number of rotatable bonds is 7. The van der Waals surface area contributed by atoms with Gasteiger partial charge in [0.15, 0.2) is 0 Å². The normalized spacial score (nSPS) is 16.9. The van der Waals surface area contributed by atoms with E-state index >= 15 is 0 Å². The lowest BCUT2D eigenvalue weighted by Crippen LogP contribution is -2.46. The highest BCUT2D eigenvalue weighted by atomic mass is 32.9. The molecule has 1 N–H and O–H groups in total. The van der Waals surface area contributed by atoms with Gasteiger partial charge in [0.1, 0.15) is 9.57 Å². The van der Waals surface area contributed by atoms with Crippen LogP contribution in [-0.4, -0.2) is 67.3 Å². The second-order valence-electron chi connectivity index (χ2n) is 10.7. The molecule has 8 heteroatoms. The van der Waals surface area contributed by atoms with E-state index in [0.717, 1.165) is 80.4 Å². The van der Waals surface area contributed by atoms with Gasteiger partial charge in [0.2, 0.25) is 0 Å². The molecule has 0 unspecified atom stereocenters. The third-order valence-corrected chi connectivity index (χ3v) is 11.5. The minimum atomic E-state index is 0.455. The second-order valence-corrected chi connectivity index (χ2v) is 13.6. The third kappa shape index (κ3) is 6.11. The molecular weight excluding hydrogens is 553 g/mol. The number of hydrogen-bond acceptors (Lipinski definition) is 8. The maximum Gasteiger partial charge on any atom is 0.124 e. The van der Waals surface area contributed by atoms with Crippen LogP contribution >= 0.6 is 32.9 Å². The number of benzene rings is 3. The quantitative estimate of drug-likeness (QED) is 0.188. The van der Waals surface area contributed by atoms with Crippen LogP contribution in [0.25, 0.3) is 10.4 Å². The lowest BCUT2D eigenvalue weighted by molar-refractivity contribution is 0.240. The molecule has 0 spiro atoms. The first-order chi connectivity index (χ1) is 19.5. The Kier molecular flexibility index (Phi) is 8.51. The van der Waals surface area contributed by atoms with Gasteiger partial charge >= 0.3 is 0 Å². The smallest absolute Gasteiger partial charge is 0.124 e. The Bertz CT molecular complexity index is 1390. The lowest BCUT2D eigenvalue weighted by atomic mass is 10.00. The molecule has 2 fully saturated rings. The van der Waals surface area contributed by atoms with Gasteiger partial charge in [-0.25, -0.2) is 0 Å². The molecule has 6 rings (SSSR count). The first kappa shape index (κ1) is 27.4. The van der Waals surface area contributed by atoms with Crippen LogP contribution in [0, 0.1) is 10.7 Å². The highest BCUT2D eigenvalue weighted by Gasteiger charge is 2.23. The summed E-state index contributed by atoms with van der Waals surface area (Å²) in [5, 5.41) is 11.6. The summed E-state index contributed by atoms with van der Waals surface area (Å²) in [5.41, 5.74) is 6.98. The zero-order valence-corrected chi connectivity index (χ0v) is 25.4. The molecule has 2 saturated heterocycles. The van der Waals surface area contributed by atoms with Gasteiger partial charge in [-0.3, -0.25) is 9.80 Å². The van der Waals surface area contributed by atoms with Crippen molar-refractivity contribution in [3.05, 3.63) is 93.3 Å². The molecule has 0 aliphatic carbocycles. The number of aromatic hydroxyl groups is 1. The van der Waals surface area contributed by atoms with E-state index in [0.29, 0.717) is 5.75 Å². The van der Waals surface area contributed by atoms with Gasteiger partial charge in [0.25, 0.3) is 0 Å². The number of para-hydroxylation sites is 2. The van der Waals surface area contributed by atoms with Crippen molar-refractivity contribution in [1.29, 1.82) is 0 Å². The molecule has 0 amide bonds. The standard InChI is InChI=1S/C32H36N4OS3/c1-24-31(39-40-32(24)38)25-20-26(22-33-12-16-35(17-13-33)28-8-4-2-5-9-28)30(37)27(21-25)23-34-14-18-36(19-15-34)29-10-6-3-7-11-29/h2-11,20-21,37H,12-19,22-23H2,1H3. The first-order valence-electron chi connectivity index (χ1n) is 14.0. The van der Waals surface area contributed by atoms with Crippen molar-refractivity contribution in [2.45, 2.75) is 20.0 Å². The molecule has 5 nitrogen and oxygen atoms in total. The number of anilines is 2. The van der Waals surface area contributed by atoms with Crippen LogP contribution in [0.3, 0.4) is 0 Å². The van der Waals surface area contributed by atoms with Crippen molar-refractivity contribution in [3.63, 3.8) is 0 Å². The van der Waals surface area contributed by atoms with Crippen molar-refractivity contribution in [2.24, 2.45) is 0 Å². The summed E-state index contributed by atoms with van der Waals surface area (Å²) in [7, 11) is 3.43. The van der Waals surface area contributed by atoms with Crippen LogP contribution in [-0.2, 0) is 13.1 Å². The molecule has 0 saturated carbocycles. The number of hydrogen-bond donors (Lipinski definition) is 1. The highest BCUT2D eigenvalue weighted by molar-refractivity contribution is 7.80. The topological polar surface area (TPSA) is 33.2 Å². The fraction of sp³-hybridized carbons (Fsp3) is 0.344. The molecule has 2 aliphatic rings. The minimum absolute atomic E-state index is 0.455. The van der Waals surface area contributed by atoms with Crippen LogP contribution in [0.2, 0.25) is 0 Å². The Balaban J connectivity index is 1.20. The van der Waals surface area contributed by atoms with E-state index in [-0.39, 0.29) is 0 Å². The predicted molar refractivity (Wildman–Crippen MR) is 173 cm³/mol. The maximum atomic E-state index is 11.6. The highest BCUT2D eigenvalue weighted by Crippen LogP contribution is 2.38. The summed E-state index contributed by atoms with van der Waals surface area (Å²) in [6, 6.07) is 25.7. The van der Waals surface area contributed by atoms with Crippen molar-refractivity contribution in [3.8, 4) is 16.2 Å². The van der Waals surface area contributed by atoms with Gasteiger partial charge in [-0.15, -0.1) is 0 Å². The fourth-order valence-electron chi connectivity index (χ4n) is 5.78. The predicted octanol–water partition coefficient (Wildman–Crippen LogP) is 6.86. The molecule has 2 aliphatic heterocycles. The Morgan fingerprint density at radius 3 is 1.52 bits per heavy atom. The van der Waals surface area contributed by atoms with Gasteiger partial charge in [-0.1, -0.05) is 69.3 Å². The Labute approximate surface area is 249 Å². The van der Waals surface area contributed by atoms with Gasteiger partial charge < -0.3 is 14.9 Å². The molecule has 40 heavy (non-hydrogen) atoms. The number of phenolic OH excluding ortho intramolecular Hbond substituents is 1. The van der Waals surface area contributed by atoms with Crippen LogP contribution in [0.15, 0.2) is 72.8 Å². The van der Waals surface area contributed by atoms with Crippen LogP contribution in [0.5, 0.6) is 5.75 Å². The third-order valence-electron chi connectivity index (χ3n) is 8.15. The van der Waals surface area contributed by atoms with E-state index in [4.69, 9.17) is 12.2 Å². The molecule has 1 aromatic heterocycles. The summed E-state index contributed by atoms with van der Waals surface area (Å²) in [4.78, 5) is 11.1. The monoisotopic (exact) mass is 588 g/mol.